The molecule has 162 valence electrons. The van der Waals surface area contributed by atoms with Crippen LogP contribution in [0.15, 0.2) is 30.3 Å². The highest BCUT2D eigenvalue weighted by Gasteiger charge is 2.29. The Kier molecular flexibility index (Phi) is 5.91. The number of fused-ring (bicyclic) bond motifs is 2. The van der Waals surface area contributed by atoms with Crippen LogP contribution in [-0.2, 0) is 24.0 Å². The zero-order chi connectivity index (χ0) is 22.2. The number of carbonyl (C=O) groups excluding carboxylic acids is 1. The van der Waals surface area contributed by atoms with E-state index < -0.39 is 5.60 Å². The second-order valence-electron chi connectivity index (χ2n) is 9.39. The molecule has 0 saturated carbocycles. The molecule has 2 aliphatic heterocycles. The number of nitrogens with zero attached hydrogens (tertiary/aromatic N) is 2. The van der Waals surface area contributed by atoms with Crippen LogP contribution in [0, 0.1) is 0 Å². The van der Waals surface area contributed by atoms with Crippen molar-refractivity contribution in [2.24, 2.45) is 0 Å². The third-order valence-electron chi connectivity index (χ3n) is 6.00. The van der Waals surface area contributed by atoms with Gasteiger partial charge in [0.05, 0.1) is 7.11 Å². The molecule has 0 N–H and O–H groups in total. The minimum Gasteiger partial charge on any atom is -0.497 e. The lowest BCUT2D eigenvalue weighted by Gasteiger charge is -2.33. The molecule has 0 unspecified atom stereocenters. The van der Waals surface area contributed by atoms with Crippen LogP contribution in [-0.4, -0.2) is 51.3 Å². The molecular formula is C25H31BN2O3. The molecule has 2 aliphatic rings. The fourth-order valence-corrected chi connectivity index (χ4v) is 4.62. The number of amides is 1. The second-order valence-corrected chi connectivity index (χ2v) is 9.39. The average Bonchev–Trinajstić information content (AvgIpc) is 2.94. The zero-order valence-electron chi connectivity index (χ0n) is 19.0. The van der Waals surface area contributed by atoms with E-state index in [0.29, 0.717) is 13.1 Å². The molecule has 6 heteroatoms. The maximum Gasteiger partial charge on any atom is 0.410 e. The normalized spacial score (nSPS) is 16.3. The number of hydrogen-bond donors (Lipinski definition) is 0. The average molecular weight is 418 g/mol. The van der Waals surface area contributed by atoms with Crippen molar-refractivity contribution in [3.05, 3.63) is 47.0 Å². The van der Waals surface area contributed by atoms with Gasteiger partial charge < -0.3 is 19.2 Å². The predicted molar refractivity (Wildman–Crippen MR) is 125 cm³/mol. The van der Waals surface area contributed by atoms with Crippen molar-refractivity contribution >= 4 is 19.8 Å². The van der Waals surface area contributed by atoms with E-state index in [1.165, 1.54) is 22.3 Å². The van der Waals surface area contributed by atoms with Crippen LogP contribution in [0.2, 0.25) is 0 Å². The molecule has 2 aromatic carbocycles. The van der Waals surface area contributed by atoms with Crippen LogP contribution < -0.4 is 9.55 Å². The first-order valence-corrected chi connectivity index (χ1v) is 11.1. The SMILES string of the molecule is [B]N1CCCc2cc3c(c(-c4cccc(OC)c4)c21)CCN(C(=O)OC(C)(C)C)CC3. The number of anilines is 1. The largest absolute Gasteiger partial charge is 0.497 e. The highest BCUT2D eigenvalue weighted by Crippen LogP contribution is 2.43. The van der Waals surface area contributed by atoms with Gasteiger partial charge in [0.15, 0.2) is 0 Å². The van der Waals surface area contributed by atoms with Crippen molar-refractivity contribution in [3.8, 4) is 16.9 Å². The number of hydrogen-bond acceptors (Lipinski definition) is 4. The molecule has 0 atom stereocenters. The molecule has 0 aromatic heterocycles. The summed E-state index contributed by atoms with van der Waals surface area (Å²) in [6.07, 6.45) is 3.40. The standard InChI is InChI=1S/C25H31BN2O3/c1-25(2,3)31-24(29)27-13-10-17-15-19-8-6-12-28(26)23(19)22(21(17)11-14-27)18-7-5-9-20(16-18)30-4/h5,7,9,15-16H,6,8,10-14H2,1-4H3. The number of benzene rings is 2. The quantitative estimate of drug-likeness (QED) is 0.672. The summed E-state index contributed by atoms with van der Waals surface area (Å²) < 4.78 is 11.1. The third kappa shape index (κ3) is 4.53. The van der Waals surface area contributed by atoms with E-state index in [1.54, 1.807) is 7.11 Å². The molecule has 2 heterocycles. The van der Waals surface area contributed by atoms with E-state index >= 15 is 0 Å². The summed E-state index contributed by atoms with van der Waals surface area (Å²) in [5.41, 5.74) is 6.77. The first kappa shape index (κ1) is 21.6. The topological polar surface area (TPSA) is 42.0 Å². The van der Waals surface area contributed by atoms with E-state index in [9.17, 15) is 4.79 Å². The lowest BCUT2D eigenvalue weighted by Crippen LogP contribution is -2.38. The summed E-state index contributed by atoms with van der Waals surface area (Å²) in [5, 5.41) is 0. The van der Waals surface area contributed by atoms with Gasteiger partial charge in [-0.25, -0.2) is 4.79 Å². The Morgan fingerprint density at radius 2 is 1.81 bits per heavy atom. The molecule has 0 spiro atoms. The summed E-state index contributed by atoms with van der Waals surface area (Å²) in [6.45, 7) is 7.84. The third-order valence-corrected chi connectivity index (χ3v) is 6.00. The fraction of sp³-hybridized carbons (Fsp3) is 0.480. The number of aryl methyl sites for hydroxylation is 1. The van der Waals surface area contributed by atoms with Gasteiger partial charge in [-0.2, -0.15) is 0 Å². The molecular weight excluding hydrogens is 387 g/mol. The number of methoxy groups -OCH3 is 1. The molecule has 0 aliphatic carbocycles. The Morgan fingerprint density at radius 3 is 2.55 bits per heavy atom. The van der Waals surface area contributed by atoms with Crippen LogP contribution in [0.1, 0.15) is 43.9 Å². The minimum atomic E-state index is -0.499. The number of carbonyl (C=O) groups is 1. The molecule has 31 heavy (non-hydrogen) atoms. The fourth-order valence-electron chi connectivity index (χ4n) is 4.62. The van der Waals surface area contributed by atoms with Gasteiger partial charge in [0.2, 0.25) is 7.98 Å². The van der Waals surface area contributed by atoms with Crippen molar-refractivity contribution in [2.45, 2.75) is 52.1 Å². The predicted octanol–water partition coefficient (Wildman–Crippen LogP) is 4.53. The maximum absolute atomic E-state index is 12.7. The number of ether oxygens (including phenoxy) is 2. The Labute approximate surface area is 186 Å². The second kappa shape index (κ2) is 8.48. The highest BCUT2D eigenvalue weighted by molar-refractivity contribution is 6.20. The molecule has 2 radical (unpaired) electrons. The monoisotopic (exact) mass is 418 g/mol. The molecule has 4 rings (SSSR count). The molecule has 0 bridgehead atoms. The molecule has 5 nitrogen and oxygen atoms in total. The van der Waals surface area contributed by atoms with Gasteiger partial charge in [0, 0.05) is 30.9 Å². The van der Waals surface area contributed by atoms with Crippen LogP contribution in [0.3, 0.4) is 0 Å². The van der Waals surface area contributed by atoms with Gasteiger partial charge in [-0.05, 0) is 80.8 Å². The summed E-state index contributed by atoms with van der Waals surface area (Å²) in [5.74, 6) is 0.826. The van der Waals surface area contributed by atoms with Gasteiger partial charge >= 0.3 is 6.09 Å². The first-order chi connectivity index (χ1) is 14.8. The van der Waals surface area contributed by atoms with Crippen molar-refractivity contribution in [1.82, 2.24) is 4.90 Å². The van der Waals surface area contributed by atoms with E-state index in [4.69, 9.17) is 17.5 Å². The van der Waals surface area contributed by atoms with Crippen molar-refractivity contribution < 1.29 is 14.3 Å². The van der Waals surface area contributed by atoms with Gasteiger partial charge in [-0.15, -0.1) is 0 Å². The molecule has 0 saturated heterocycles. The molecule has 1 amide bonds. The Balaban J connectivity index is 1.77. The van der Waals surface area contributed by atoms with Crippen molar-refractivity contribution in [3.63, 3.8) is 0 Å². The highest BCUT2D eigenvalue weighted by atomic mass is 16.6. The Bertz CT molecular complexity index is 983. The number of rotatable bonds is 2. The van der Waals surface area contributed by atoms with E-state index in [2.05, 4.69) is 18.2 Å². The Morgan fingerprint density at radius 1 is 1.03 bits per heavy atom. The van der Waals surface area contributed by atoms with Crippen molar-refractivity contribution in [1.29, 1.82) is 0 Å². The van der Waals surface area contributed by atoms with Crippen LogP contribution in [0.25, 0.3) is 11.1 Å². The smallest absolute Gasteiger partial charge is 0.410 e. The van der Waals surface area contributed by atoms with Crippen LogP contribution in [0.4, 0.5) is 10.5 Å². The van der Waals surface area contributed by atoms with Crippen LogP contribution >= 0.6 is 0 Å². The van der Waals surface area contributed by atoms with Gasteiger partial charge in [0.25, 0.3) is 0 Å². The van der Waals surface area contributed by atoms with Crippen molar-refractivity contribution in [2.75, 3.05) is 31.6 Å². The Hall–Kier alpha value is -2.63. The summed E-state index contributed by atoms with van der Waals surface area (Å²) >= 11 is 0. The maximum atomic E-state index is 12.7. The van der Waals surface area contributed by atoms with E-state index in [0.717, 1.165) is 49.2 Å². The van der Waals surface area contributed by atoms with Gasteiger partial charge in [0.1, 0.15) is 11.4 Å². The lowest BCUT2D eigenvalue weighted by molar-refractivity contribution is 0.0258. The lowest BCUT2D eigenvalue weighted by atomic mass is 9.84. The summed E-state index contributed by atoms with van der Waals surface area (Å²) in [4.78, 5) is 16.4. The first-order valence-electron chi connectivity index (χ1n) is 11.1. The van der Waals surface area contributed by atoms with E-state index in [-0.39, 0.29) is 6.09 Å². The van der Waals surface area contributed by atoms with E-state index in [1.807, 2.05) is 42.6 Å². The minimum absolute atomic E-state index is 0.242. The molecule has 0 fully saturated rings. The molecule has 2 aromatic rings. The van der Waals surface area contributed by atoms with Gasteiger partial charge in [-0.3, -0.25) is 0 Å². The summed E-state index contributed by atoms with van der Waals surface area (Å²) in [7, 11) is 8.18. The van der Waals surface area contributed by atoms with Gasteiger partial charge in [-0.1, -0.05) is 18.2 Å². The zero-order valence-corrected chi connectivity index (χ0v) is 19.0. The van der Waals surface area contributed by atoms with Crippen LogP contribution in [0.5, 0.6) is 5.75 Å². The summed E-state index contributed by atoms with van der Waals surface area (Å²) in [6, 6.07) is 10.5.